The number of benzene rings is 1. The van der Waals surface area contributed by atoms with Crippen molar-refractivity contribution in [3.05, 3.63) is 29.0 Å². The summed E-state index contributed by atoms with van der Waals surface area (Å²) < 4.78 is 23.0. The third kappa shape index (κ3) is 1.72. The fourth-order valence-corrected chi connectivity index (χ4v) is 3.63. The maximum absolute atomic E-state index is 11.5. The van der Waals surface area contributed by atoms with Crippen molar-refractivity contribution in [3.8, 4) is 0 Å². The van der Waals surface area contributed by atoms with Crippen LogP contribution in [0.2, 0.25) is 0 Å². The highest BCUT2D eigenvalue weighted by Crippen LogP contribution is 2.32. The number of aryl methyl sites for hydroxylation is 3. The normalized spacial score (nSPS) is 12.2. The minimum Gasteiger partial charge on any atom is -0.357 e. The Morgan fingerprint density at radius 1 is 1.19 bits per heavy atom. The van der Waals surface area contributed by atoms with Gasteiger partial charge in [0, 0.05) is 27.3 Å². The van der Waals surface area contributed by atoms with Gasteiger partial charge in [-0.05, 0) is 38.0 Å². The molecule has 2 rings (SSSR count). The van der Waals surface area contributed by atoms with Gasteiger partial charge in [-0.1, -0.05) is 6.07 Å². The highest BCUT2D eigenvalue weighted by Gasteiger charge is 2.21. The van der Waals surface area contributed by atoms with Crippen molar-refractivity contribution in [2.24, 2.45) is 0 Å². The Balaban J connectivity index is 3.01. The number of hydrogen-bond acceptors (Lipinski definition) is 2. The molecule has 1 aromatic heterocycles. The first-order chi connectivity index (χ1) is 7.30. The first kappa shape index (κ1) is 11.5. The van der Waals surface area contributed by atoms with Crippen LogP contribution in [0, 0.1) is 20.8 Å². The van der Waals surface area contributed by atoms with Crippen LogP contribution in [-0.4, -0.2) is 13.4 Å². The molecule has 16 heavy (non-hydrogen) atoms. The highest BCUT2D eigenvalue weighted by atomic mass is 35.7. The van der Waals surface area contributed by atoms with E-state index >= 15 is 0 Å². The van der Waals surface area contributed by atoms with Crippen LogP contribution in [-0.2, 0) is 9.05 Å². The van der Waals surface area contributed by atoms with Crippen LogP contribution >= 0.6 is 10.7 Å². The van der Waals surface area contributed by atoms with Crippen LogP contribution in [0.25, 0.3) is 10.9 Å². The van der Waals surface area contributed by atoms with Crippen LogP contribution in [0.5, 0.6) is 0 Å². The summed E-state index contributed by atoms with van der Waals surface area (Å²) in [5, 5.41) is 0.693. The number of aromatic nitrogens is 1. The van der Waals surface area contributed by atoms with Crippen LogP contribution in [0.15, 0.2) is 17.0 Å². The van der Waals surface area contributed by atoms with Gasteiger partial charge in [0.25, 0.3) is 9.05 Å². The summed E-state index contributed by atoms with van der Waals surface area (Å²) in [5.41, 5.74) is 3.40. The molecule has 1 heterocycles. The number of H-pyrrole nitrogens is 1. The second-order valence-corrected chi connectivity index (χ2v) is 6.52. The summed E-state index contributed by atoms with van der Waals surface area (Å²) in [5.74, 6) is 0. The monoisotopic (exact) mass is 257 g/mol. The molecule has 0 saturated carbocycles. The zero-order chi connectivity index (χ0) is 12.1. The number of hydrogen-bond donors (Lipinski definition) is 1. The van der Waals surface area contributed by atoms with E-state index in [1.807, 2.05) is 26.0 Å². The van der Waals surface area contributed by atoms with E-state index in [1.165, 1.54) is 0 Å². The molecule has 1 aromatic carbocycles. The Morgan fingerprint density at radius 2 is 1.81 bits per heavy atom. The molecule has 2 aromatic rings. The lowest BCUT2D eigenvalue weighted by atomic mass is 10.1. The number of halogens is 1. The summed E-state index contributed by atoms with van der Waals surface area (Å²) >= 11 is 0. The van der Waals surface area contributed by atoms with Crippen molar-refractivity contribution in [2.75, 3.05) is 0 Å². The molecule has 0 aliphatic rings. The Kier molecular flexibility index (Phi) is 2.51. The Morgan fingerprint density at radius 3 is 2.38 bits per heavy atom. The molecule has 1 N–H and O–H groups in total. The molecule has 0 amide bonds. The molecule has 3 nitrogen and oxygen atoms in total. The molecule has 0 aliphatic heterocycles. The van der Waals surface area contributed by atoms with E-state index in [0.717, 1.165) is 16.6 Å². The minimum absolute atomic E-state index is 0.196. The topological polar surface area (TPSA) is 49.9 Å². The minimum atomic E-state index is -3.71. The van der Waals surface area contributed by atoms with Gasteiger partial charge in [0.2, 0.25) is 0 Å². The summed E-state index contributed by atoms with van der Waals surface area (Å²) in [6, 6.07) is 3.86. The number of nitrogens with one attached hydrogen (secondary N) is 1. The number of rotatable bonds is 1. The van der Waals surface area contributed by atoms with Gasteiger partial charge in [0.15, 0.2) is 0 Å². The average molecular weight is 258 g/mol. The van der Waals surface area contributed by atoms with Crippen molar-refractivity contribution in [1.82, 2.24) is 4.98 Å². The fraction of sp³-hybridized carbons (Fsp3) is 0.273. The van der Waals surface area contributed by atoms with Gasteiger partial charge >= 0.3 is 0 Å². The van der Waals surface area contributed by atoms with Crippen molar-refractivity contribution in [1.29, 1.82) is 0 Å². The second kappa shape index (κ2) is 3.50. The van der Waals surface area contributed by atoms with Crippen LogP contribution in [0.3, 0.4) is 0 Å². The second-order valence-electron chi connectivity index (χ2n) is 4.02. The molecule has 0 radical (unpaired) electrons. The molecule has 0 spiro atoms. The molecular formula is C11H12ClNO2S. The van der Waals surface area contributed by atoms with E-state index in [2.05, 4.69) is 4.98 Å². The van der Waals surface area contributed by atoms with Crippen LogP contribution in [0.4, 0.5) is 0 Å². The molecule has 0 fully saturated rings. The van der Waals surface area contributed by atoms with Crippen molar-refractivity contribution in [2.45, 2.75) is 25.7 Å². The summed E-state index contributed by atoms with van der Waals surface area (Å²) in [6.07, 6.45) is 0. The molecule has 5 heteroatoms. The standard InChI is InChI=1S/C11H12ClNO2S/c1-6-4-7(2)10-9(5-6)13-8(3)11(10)16(12,14)15/h4-5,13H,1-3H3. The maximum Gasteiger partial charge on any atom is 0.263 e. The predicted molar refractivity (Wildman–Crippen MR) is 65.5 cm³/mol. The Hall–Kier alpha value is -1.00. The number of aromatic amines is 1. The third-order valence-corrected chi connectivity index (χ3v) is 4.07. The smallest absolute Gasteiger partial charge is 0.263 e. The van der Waals surface area contributed by atoms with Gasteiger partial charge in [0.1, 0.15) is 4.90 Å². The summed E-state index contributed by atoms with van der Waals surface area (Å²) in [7, 11) is 1.74. The van der Waals surface area contributed by atoms with E-state index in [9.17, 15) is 8.42 Å². The SMILES string of the molecule is Cc1cc(C)c2c(S(=O)(=O)Cl)c(C)[nH]c2c1. The van der Waals surface area contributed by atoms with E-state index in [4.69, 9.17) is 10.7 Å². The van der Waals surface area contributed by atoms with Crippen molar-refractivity contribution < 1.29 is 8.42 Å². The largest absolute Gasteiger partial charge is 0.357 e. The van der Waals surface area contributed by atoms with Gasteiger partial charge in [-0.15, -0.1) is 0 Å². The molecule has 0 aliphatic carbocycles. The van der Waals surface area contributed by atoms with E-state index in [0.29, 0.717) is 11.1 Å². The lowest BCUT2D eigenvalue weighted by Gasteiger charge is -2.01. The first-order valence-corrected chi connectivity index (χ1v) is 7.16. The first-order valence-electron chi connectivity index (χ1n) is 4.85. The molecule has 0 bridgehead atoms. The third-order valence-electron chi connectivity index (χ3n) is 2.61. The Labute approximate surface area is 98.8 Å². The lowest BCUT2D eigenvalue weighted by molar-refractivity contribution is 0.610. The molecule has 86 valence electrons. The quantitative estimate of drug-likeness (QED) is 0.799. The lowest BCUT2D eigenvalue weighted by Crippen LogP contribution is -1.92. The maximum atomic E-state index is 11.5. The summed E-state index contributed by atoms with van der Waals surface area (Å²) in [6.45, 7) is 5.57. The predicted octanol–water partition coefficient (Wildman–Crippen LogP) is 3.02. The zero-order valence-electron chi connectivity index (χ0n) is 9.26. The molecule has 0 saturated heterocycles. The average Bonchev–Trinajstić information content (AvgIpc) is 2.39. The summed E-state index contributed by atoms with van der Waals surface area (Å²) in [4.78, 5) is 3.25. The highest BCUT2D eigenvalue weighted by molar-refractivity contribution is 8.14. The van der Waals surface area contributed by atoms with Gasteiger partial charge in [-0.3, -0.25) is 0 Å². The Bertz CT molecular complexity index is 671. The fourth-order valence-electron chi connectivity index (χ4n) is 2.12. The van der Waals surface area contributed by atoms with Crippen molar-refractivity contribution >= 4 is 30.6 Å². The van der Waals surface area contributed by atoms with E-state index in [-0.39, 0.29) is 4.90 Å². The van der Waals surface area contributed by atoms with Crippen molar-refractivity contribution in [3.63, 3.8) is 0 Å². The van der Waals surface area contributed by atoms with Crippen LogP contribution in [0.1, 0.15) is 16.8 Å². The van der Waals surface area contributed by atoms with E-state index < -0.39 is 9.05 Å². The van der Waals surface area contributed by atoms with Crippen LogP contribution < -0.4 is 0 Å². The van der Waals surface area contributed by atoms with Gasteiger partial charge in [-0.25, -0.2) is 8.42 Å². The number of fused-ring (bicyclic) bond motifs is 1. The van der Waals surface area contributed by atoms with Gasteiger partial charge < -0.3 is 4.98 Å². The molecule has 0 atom stereocenters. The zero-order valence-corrected chi connectivity index (χ0v) is 10.8. The molecular weight excluding hydrogens is 246 g/mol. The van der Waals surface area contributed by atoms with E-state index in [1.54, 1.807) is 6.92 Å². The molecule has 0 unspecified atom stereocenters. The van der Waals surface area contributed by atoms with Gasteiger partial charge in [0.05, 0.1) is 0 Å². The van der Waals surface area contributed by atoms with Gasteiger partial charge in [-0.2, -0.15) is 0 Å².